The highest BCUT2D eigenvalue weighted by molar-refractivity contribution is 7.91. The zero-order valence-electron chi connectivity index (χ0n) is 17.5. The van der Waals surface area contributed by atoms with Gasteiger partial charge in [0.05, 0.1) is 23.5 Å². The first-order valence-corrected chi connectivity index (χ1v) is 11.6. The number of benzene rings is 2. The van der Waals surface area contributed by atoms with Crippen molar-refractivity contribution < 1.29 is 39.2 Å². The lowest BCUT2D eigenvalue weighted by Gasteiger charge is -2.30. The summed E-state index contributed by atoms with van der Waals surface area (Å²) in [7, 11) is -5.15. The molecule has 0 atom stereocenters. The van der Waals surface area contributed by atoms with Crippen LogP contribution in [-0.4, -0.2) is 30.8 Å². The van der Waals surface area contributed by atoms with E-state index in [4.69, 9.17) is 0 Å². The van der Waals surface area contributed by atoms with Gasteiger partial charge in [0.2, 0.25) is 0 Å². The number of alkyl halides is 2. The fourth-order valence-corrected chi connectivity index (χ4v) is 5.13. The lowest BCUT2D eigenvalue weighted by atomic mass is 10.0. The number of rotatable bonds is 6. The second kappa shape index (κ2) is 9.32. The van der Waals surface area contributed by atoms with Gasteiger partial charge in [-0.25, -0.2) is 49.1 Å². The Labute approximate surface area is 194 Å². The number of hydrogen-bond donors (Lipinski definition) is 1. The van der Waals surface area contributed by atoms with Gasteiger partial charge in [-0.2, -0.15) is 0 Å². The molecule has 0 spiro atoms. The SMILES string of the molecule is O=S(=O)(CNc1ncnc2c1CCN(c1ccccc1F)C2)c1c(F)c(F)c(F)c(F)c1C(F)F. The maximum atomic E-state index is 14.2. The lowest BCUT2D eigenvalue weighted by Crippen LogP contribution is -2.32. The second-order valence-electron chi connectivity index (χ2n) is 7.51. The van der Waals surface area contributed by atoms with Crippen LogP contribution >= 0.6 is 0 Å². The minimum absolute atomic E-state index is 0.0474. The van der Waals surface area contributed by atoms with Gasteiger partial charge < -0.3 is 10.2 Å². The van der Waals surface area contributed by atoms with Gasteiger partial charge in [-0.05, 0) is 18.6 Å². The second-order valence-corrected chi connectivity index (χ2v) is 9.43. The molecular weight excluding hydrogens is 505 g/mol. The van der Waals surface area contributed by atoms with Gasteiger partial charge in [0.25, 0.3) is 6.43 Å². The molecule has 0 saturated heterocycles. The molecule has 2 heterocycles. The molecule has 6 nitrogen and oxygen atoms in total. The van der Waals surface area contributed by atoms with Crippen molar-refractivity contribution in [2.24, 2.45) is 0 Å². The first-order valence-electron chi connectivity index (χ1n) is 9.95. The van der Waals surface area contributed by atoms with Crippen molar-refractivity contribution in [3.63, 3.8) is 0 Å². The van der Waals surface area contributed by atoms with E-state index >= 15 is 0 Å². The van der Waals surface area contributed by atoms with Crippen LogP contribution in [0.3, 0.4) is 0 Å². The van der Waals surface area contributed by atoms with E-state index in [9.17, 15) is 39.2 Å². The predicted octanol–water partition coefficient (Wildman–Crippen LogP) is 4.52. The minimum atomic E-state index is -5.15. The van der Waals surface area contributed by atoms with Gasteiger partial charge >= 0.3 is 0 Å². The molecule has 0 aliphatic carbocycles. The Bertz CT molecular complexity index is 1400. The Balaban J connectivity index is 1.63. The number of fused-ring (bicyclic) bond motifs is 1. The first-order chi connectivity index (χ1) is 16.5. The molecular formula is C21H15F7N4O2S. The molecule has 1 N–H and O–H groups in total. The number of nitrogens with one attached hydrogen (secondary N) is 1. The molecule has 0 bridgehead atoms. The van der Waals surface area contributed by atoms with Gasteiger partial charge in [-0.1, -0.05) is 12.1 Å². The Morgan fingerprint density at radius 3 is 2.34 bits per heavy atom. The summed E-state index contributed by atoms with van der Waals surface area (Å²) < 4.78 is 121. The van der Waals surface area contributed by atoms with E-state index in [2.05, 4.69) is 15.3 Å². The Hall–Kier alpha value is -3.42. The molecule has 0 fully saturated rings. The third-order valence-corrected chi connectivity index (χ3v) is 6.96. The molecule has 3 aromatic rings. The Kier molecular flexibility index (Phi) is 6.58. The minimum Gasteiger partial charge on any atom is -0.363 e. The van der Waals surface area contributed by atoms with Crippen molar-refractivity contribution in [2.75, 3.05) is 22.6 Å². The average molecular weight is 520 g/mol. The van der Waals surface area contributed by atoms with Crippen LogP contribution in [0.25, 0.3) is 0 Å². The van der Waals surface area contributed by atoms with Crippen LogP contribution in [0.15, 0.2) is 35.5 Å². The maximum absolute atomic E-state index is 14.2. The summed E-state index contributed by atoms with van der Waals surface area (Å²) in [5, 5.41) is 2.34. The Morgan fingerprint density at radius 2 is 1.66 bits per heavy atom. The van der Waals surface area contributed by atoms with E-state index in [1.807, 2.05) is 0 Å². The fraction of sp³-hybridized carbons (Fsp3) is 0.238. The molecule has 0 saturated carbocycles. The van der Waals surface area contributed by atoms with E-state index < -0.39 is 61.7 Å². The van der Waals surface area contributed by atoms with E-state index in [1.165, 1.54) is 12.1 Å². The molecule has 1 aliphatic heterocycles. The number of nitrogens with zero attached hydrogens (tertiary/aromatic N) is 3. The number of sulfone groups is 1. The van der Waals surface area contributed by atoms with E-state index in [0.717, 1.165) is 6.33 Å². The summed E-state index contributed by atoms with van der Waals surface area (Å²) >= 11 is 0. The summed E-state index contributed by atoms with van der Waals surface area (Å²) in [5.74, 6) is -11.8. The van der Waals surface area contributed by atoms with Crippen molar-refractivity contribution in [1.29, 1.82) is 0 Å². The zero-order chi connectivity index (χ0) is 25.5. The van der Waals surface area contributed by atoms with Crippen molar-refractivity contribution >= 4 is 21.3 Å². The molecule has 1 aromatic heterocycles. The fourth-order valence-electron chi connectivity index (χ4n) is 3.78. The van der Waals surface area contributed by atoms with E-state index in [-0.39, 0.29) is 18.8 Å². The standard InChI is InChI=1S/C21H15F7N4O2S/c22-11-3-1-2-4-13(11)32-6-5-10-12(7-32)29-8-30-21(10)31-9-35(33,34)19-14(20(27)28)15(23)16(24)17(25)18(19)26/h1-4,8,20H,5-7,9H2,(H,29,30,31). The van der Waals surface area contributed by atoms with Crippen LogP contribution in [0.2, 0.25) is 0 Å². The predicted molar refractivity (Wildman–Crippen MR) is 110 cm³/mol. The van der Waals surface area contributed by atoms with Crippen LogP contribution in [-0.2, 0) is 22.8 Å². The largest absolute Gasteiger partial charge is 0.363 e. The highest BCUT2D eigenvalue weighted by Gasteiger charge is 2.36. The highest BCUT2D eigenvalue weighted by atomic mass is 32.2. The van der Waals surface area contributed by atoms with Crippen LogP contribution < -0.4 is 10.2 Å². The number of halogens is 7. The molecule has 2 aromatic carbocycles. The molecule has 0 amide bonds. The quantitative estimate of drug-likeness (QED) is 0.223. The van der Waals surface area contributed by atoms with Crippen LogP contribution in [0, 0.1) is 29.1 Å². The molecule has 35 heavy (non-hydrogen) atoms. The van der Waals surface area contributed by atoms with Gasteiger partial charge in [0.15, 0.2) is 33.1 Å². The van der Waals surface area contributed by atoms with Crippen LogP contribution in [0.1, 0.15) is 23.2 Å². The van der Waals surface area contributed by atoms with Crippen molar-refractivity contribution in [3.05, 3.63) is 76.5 Å². The van der Waals surface area contributed by atoms with Crippen molar-refractivity contribution in [1.82, 2.24) is 9.97 Å². The van der Waals surface area contributed by atoms with Crippen molar-refractivity contribution in [3.8, 4) is 0 Å². The molecule has 1 aliphatic rings. The first kappa shape index (κ1) is 24.7. The third-order valence-electron chi connectivity index (χ3n) is 5.42. The molecule has 0 radical (unpaired) electrons. The summed E-state index contributed by atoms with van der Waals surface area (Å²) in [6.07, 6.45) is -2.65. The third kappa shape index (κ3) is 4.49. The Morgan fingerprint density at radius 1 is 0.971 bits per heavy atom. The smallest absolute Gasteiger partial charge is 0.268 e. The van der Waals surface area contributed by atoms with Crippen LogP contribution in [0.5, 0.6) is 0 Å². The number of para-hydroxylation sites is 1. The molecule has 186 valence electrons. The van der Waals surface area contributed by atoms with Gasteiger partial charge in [0, 0.05) is 12.1 Å². The lowest BCUT2D eigenvalue weighted by molar-refractivity contribution is 0.139. The summed E-state index contributed by atoms with van der Waals surface area (Å²) in [6.45, 7) is 0.431. The summed E-state index contributed by atoms with van der Waals surface area (Å²) in [6, 6.07) is 6.04. The van der Waals surface area contributed by atoms with E-state index in [1.54, 1.807) is 17.0 Å². The number of hydrogen-bond acceptors (Lipinski definition) is 6. The average Bonchev–Trinajstić information content (AvgIpc) is 2.83. The molecule has 14 heteroatoms. The van der Waals surface area contributed by atoms with Crippen LogP contribution in [0.4, 0.5) is 42.2 Å². The highest BCUT2D eigenvalue weighted by Crippen LogP contribution is 2.35. The topological polar surface area (TPSA) is 75.2 Å². The normalized spacial score (nSPS) is 13.8. The summed E-state index contributed by atoms with van der Waals surface area (Å²) in [4.78, 5) is 7.72. The van der Waals surface area contributed by atoms with Crippen molar-refractivity contribution in [2.45, 2.75) is 24.3 Å². The van der Waals surface area contributed by atoms with Gasteiger partial charge in [0.1, 0.15) is 28.7 Å². The maximum Gasteiger partial charge on any atom is 0.268 e. The molecule has 4 rings (SSSR count). The zero-order valence-corrected chi connectivity index (χ0v) is 18.3. The van der Waals surface area contributed by atoms with Gasteiger partial charge in [-0.15, -0.1) is 0 Å². The monoisotopic (exact) mass is 520 g/mol. The van der Waals surface area contributed by atoms with Gasteiger partial charge in [-0.3, -0.25) is 0 Å². The summed E-state index contributed by atoms with van der Waals surface area (Å²) in [5.41, 5.74) is -0.938. The number of anilines is 2. The van der Waals surface area contributed by atoms with E-state index in [0.29, 0.717) is 23.5 Å². The number of aromatic nitrogens is 2. The molecule has 0 unspecified atom stereocenters.